The first-order chi connectivity index (χ1) is 21.1. The van der Waals surface area contributed by atoms with Crippen LogP contribution < -0.4 is 15.4 Å². The molecule has 0 aromatic heterocycles. The maximum Gasteiger partial charge on any atom is 0.411 e. The van der Waals surface area contributed by atoms with E-state index >= 15 is 0 Å². The van der Waals surface area contributed by atoms with Crippen molar-refractivity contribution in [3.8, 4) is 0 Å². The van der Waals surface area contributed by atoms with Crippen molar-refractivity contribution in [3.05, 3.63) is 76.7 Å². The Balaban J connectivity index is 2.33. The van der Waals surface area contributed by atoms with E-state index in [2.05, 4.69) is 15.4 Å². The van der Waals surface area contributed by atoms with Gasteiger partial charge in [-0.2, -0.15) is 0 Å². The standard InChI is InChI=1S/C33H48N4O6S2/c1-9-13-28(45(40,41)37-33(5,6)7)20-29(24(4)21-34-31(38)42-22-25-14-11-10-12-15-25)36-30(44-8)26-16-18-27(19-17-26)35-32(39)43-23(2)3/h10-19,23-24,29,37H,9,20-22H2,1-8H3,(H,34,38)(H,35,39)/b28-13+,36-30?. The van der Waals surface area contributed by atoms with Crippen LogP contribution in [0.4, 0.5) is 15.3 Å². The third-order valence-corrected chi connectivity index (χ3v) is 8.90. The van der Waals surface area contributed by atoms with Crippen molar-refractivity contribution in [1.82, 2.24) is 10.0 Å². The Bertz CT molecular complexity index is 1400. The van der Waals surface area contributed by atoms with E-state index in [-0.39, 0.29) is 36.5 Å². The first-order valence-corrected chi connectivity index (χ1v) is 17.7. The summed E-state index contributed by atoms with van der Waals surface area (Å²) in [7, 11) is -3.80. The van der Waals surface area contributed by atoms with Gasteiger partial charge in [0.05, 0.1) is 22.1 Å². The second kappa shape index (κ2) is 18.0. The summed E-state index contributed by atoms with van der Waals surface area (Å²) in [4.78, 5) is 29.8. The lowest BCUT2D eigenvalue weighted by Gasteiger charge is -2.26. The second-order valence-corrected chi connectivity index (χ2v) is 14.5. The molecule has 2 amide bonds. The fourth-order valence-electron chi connectivity index (χ4n) is 4.19. The van der Waals surface area contributed by atoms with Gasteiger partial charge in [0.15, 0.2) is 0 Å². The van der Waals surface area contributed by atoms with Gasteiger partial charge < -0.3 is 14.8 Å². The lowest BCUT2D eigenvalue weighted by atomic mass is 9.98. The van der Waals surface area contributed by atoms with Crippen LogP contribution >= 0.6 is 11.8 Å². The van der Waals surface area contributed by atoms with Crippen molar-refractivity contribution in [2.75, 3.05) is 18.1 Å². The monoisotopic (exact) mass is 660 g/mol. The Labute approximate surface area is 272 Å². The Morgan fingerprint density at radius 2 is 1.64 bits per heavy atom. The number of hydrogen-bond acceptors (Lipinski definition) is 8. The quantitative estimate of drug-likeness (QED) is 0.146. The molecule has 0 heterocycles. The number of thioether (sulfide) groups is 1. The van der Waals surface area contributed by atoms with Gasteiger partial charge in [-0.25, -0.2) is 22.7 Å². The minimum atomic E-state index is -3.80. The number of carbonyl (C=O) groups is 2. The molecule has 0 aliphatic carbocycles. The van der Waals surface area contributed by atoms with Gasteiger partial charge in [0, 0.05) is 29.8 Å². The Hall–Kier alpha value is -3.35. The Morgan fingerprint density at radius 3 is 2.20 bits per heavy atom. The van der Waals surface area contributed by atoms with E-state index in [4.69, 9.17) is 14.5 Å². The van der Waals surface area contributed by atoms with E-state index in [0.29, 0.717) is 17.2 Å². The Kier molecular flexibility index (Phi) is 15.1. The average Bonchev–Trinajstić information content (AvgIpc) is 2.95. The molecule has 3 N–H and O–H groups in total. The summed E-state index contributed by atoms with van der Waals surface area (Å²) in [5.41, 5.74) is 1.58. The number of anilines is 1. The zero-order chi connectivity index (χ0) is 33.6. The summed E-state index contributed by atoms with van der Waals surface area (Å²) in [5, 5.41) is 6.20. The molecule has 2 unspecified atom stereocenters. The predicted octanol–water partition coefficient (Wildman–Crippen LogP) is 7.09. The zero-order valence-electron chi connectivity index (χ0n) is 27.5. The number of benzene rings is 2. The molecule has 0 saturated heterocycles. The van der Waals surface area contributed by atoms with E-state index in [1.807, 2.05) is 62.6 Å². The highest BCUT2D eigenvalue weighted by atomic mass is 32.2. The van der Waals surface area contributed by atoms with Gasteiger partial charge in [0.1, 0.15) is 6.61 Å². The van der Waals surface area contributed by atoms with Crippen LogP contribution in [0.3, 0.4) is 0 Å². The number of sulfonamides is 1. The number of carbonyl (C=O) groups excluding carboxylic acids is 2. The Morgan fingerprint density at radius 1 is 1.00 bits per heavy atom. The van der Waals surface area contributed by atoms with Crippen LogP contribution in [0.5, 0.6) is 0 Å². The molecular formula is C33H48N4O6S2. The van der Waals surface area contributed by atoms with E-state index in [0.717, 1.165) is 11.1 Å². The van der Waals surface area contributed by atoms with Crippen LogP contribution in [-0.4, -0.2) is 56.1 Å². The number of hydrogen-bond donors (Lipinski definition) is 3. The van der Waals surface area contributed by atoms with E-state index in [1.54, 1.807) is 52.8 Å². The summed E-state index contributed by atoms with van der Waals surface area (Å²) in [5.74, 6) is -0.256. The number of amides is 2. The molecule has 0 saturated carbocycles. The normalized spacial score (nSPS) is 14.1. The summed E-state index contributed by atoms with van der Waals surface area (Å²) < 4.78 is 40.1. The molecule has 2 aromatic rings. The first kappa shape index (κ1) is 37.8. The second-order valence-electron chi connectivity index (χ2n) is 11.9. The first-order valence-electron chi connectivity index (χ1n) is 15.0. The van der Waals surface area contributed by atoms with Crippen LogP contribution in [0.2, 0.25) is 0 Å². The predicted molar refractivity (Wildman–Crippen MR) is 184 cm³/mol. The highest BCUT2D eigenvalue weighted by Gasteiger charge is 2.29. The summed E-state index contributed by atoms with van der Waals surface area (Å²) in [6, 6.07) is 16.1. The lowest BCUT2D eigenvalue weighted by Crippen LogP contribution is -2.42. The molecule has 12 heteroatoms. The molecule has 45 heavy (non-hydrogen) atoms. The minimum absolute atomic E-state index is 0.131. The summed E-state index contributed by atoms with van der Waals surface area (Å²) in [6.07, 6.45) is 2.91. The number of alkyl carbamates (subject to hydrolysis) is 1. The van der Waals surface area contributed by atoms with Gasteiger partial charge in [-0.1, -0.05) is 62.4 Å². The molecular weight excluding hydrogens is 613 g/mol. The minimum Gasteiger partial charge on any atom is -0.447 e. The van der Waals surface area contributed by atoms with Gasteiger partial charge in [-0.3, -0.25) is 10.3 Å². The third kappa shape index (κ3) is 14.1. The van der Waals surface area contributed by atoms with Gasteiger partial charge in [0.2, 0.25) is 10.0 Å². The third-order valence-electron chi connectivity index (χ3n) is 6.26. The molecule has 10 nitrogen and oxygen atoms in total. The highest BCUT2D eigenvalue weighted by Crippen LogP contribution is 2.25. The van der Waals surface area contributed by atoms with Gasteiger partial charge in [0.25, 0.3) is 0 Å². The van der Waals surface area contributed by atoms with Crippen LogP contribution in [0.25, 0.3) is 0 Å². The number of aliphatic imine (C=N–C) groups is 1. The van der Waals surface area contributed by atoms with Crippen molar-refractivity contribution >= 4 is 44.7 Å². The maximum atomic E-state index is 13.4. The van der Waals surface area contributed by atoms with Crippen LogP contribution in [0.1, 0.15) is 72.4 Å². The molecule has 0 radical (unpaired) electrons. The van der Waals surface area contributed by atoms with Crippen molar-refractivity contribution in [3.63, 3.8) is 0 Å². The maximum absolute atomic E-state index is 13.4. The number of ether oxygens (including phenoxy) is 2. The molecule has 0 aliphatic rings. The van der Waals surface area contributed by atoms with Crippen LogP contribution in [0.15, 0.2) is 70.6 Å². The number of nitrogens with zero attached hydrogens (tertiary/aromatic N) is 1. The largest absolute Gasteiger partial charge is 0.447 e. The average molecular weight is 661 g/mol. The molecule has 0 fully saturated rings. The van der Waals surface area contributed by atoms with Gasteiger partial charge >= 0.3 is 12.2 Å². The molecule has 2 rings (SSSR count). The smallest absolute Gasteiger partial charge is 0.411 e. The van der Waals surface area contributed by atoms with Crippen molar-refractivity contribution in [2.24, 2.45) is 10.9 Å². The highest BCUT2D eigenvalue weighted by molar-refractivity contribution is 8.13. The van der Waals surface area contributed by atoms with Crippen LogP contribution in [0, 0.1) is 5.92 Å². The molecule has 2 aromatic carbocycles. The zero-order valence-corrected chi connectivity index (χ0v) is 29.2. The molecule has 0 spiro atoms. The van der Waals surface area contributed by atoms with Gasteiger partial charge in [-0.05, 0) is 70.9 Å². The molecule has 2 atom stereocenters. The van der Waals surface area contributed by atoms with E-state index in [9.17, 15) is 18.0 Å². The molecule has 0 bridgehead atoms. The van der Waals surface area contributed by atoms with Crippen molar-refractivity contribution in [1.29, 1.82) is 0 Å². The molecule has 0 aliphatic heterocycles. The van der Waals surface area contributed by atoms with E-state index < -0.39 is 33.8 Å². The molecule has 248 valence electrons. The summed E-state index contributed by atoms with van der Waals surface area (Å²) in [6.45, 7) is 13.1. The van der Waals surface area contributed by atoms with Crippen molar-refractivity contribution in [2.45, 2.75) is 85.6 Å². The lowest BCUT2D eigenvalue weighted by molar-refractivity contribution is 0.130. The fourth-order valence-corrected chi connectivity index (χ4v) is 6.51. The summed E-state index contributed by atoms with van der Waals surface area (Å²) >= 11 is 1.43. The number of nitrogens with one attached hydrogen (secondary N) is 3. The fraction of sp³-hybridized carbons (Fsp3) is 0.485. The number of rotatable bonds is 14. The van der Waals surface area contributed by atoms with Crippen molar-refractivity contribution < 1.29 is 27.5 Å². The van der Waals surface area contributed by atoms with E-state index in [1.165, 1.54) is 11.8 Å². The topological polar surface area (TPSA) is 135 Å². The van der Waals surface area contributed by atoms with Crippen LogP contribution in [-0.2, 0) is 26.1 Å². The number of allylic oxidation sites excluding steroid dienone is 1. The van der Waals surface area contributed by atoms with Gasteiger partial charge in [-0.15, -0.1) is 11.8 Å². The SMILES string of the molecule is CC/C=C(\CC(N=C(SC)c1ccc(NC(=O)OC(C)C)cc1)C(C)CNC(=O)OCc1ccccc1)S(=O)(=O)NC(C)(C)C.